The minimum Gasteiger partial charge on any atom is -0.324 e. The van der Waals surface area contributed by atoms with Gasteiger partial charge in [-0.3, -0.25) is 4.68 Å². The van der Waals surface area contributed by atoms with Gasteiger partial charge in [-0.05, 0) is 43.6 Å². The third-order valence-corrected chi connectivity index (χ3v) is 4.85. The van der Waals surface area contributed by atoms with Crippen molar-refractivity contribution in [3.8, 4) is 0 Å². The van der Waals surface area contributed by atoms with Gasteiger partial charge in [0.1, 0.15) is 0 Å². The van der Waals surface area contributed by atoms with Crippen LogP contribution in [0.4, 0.5) is 0 Å². The van der Waals surface area contributed by atoms with Crippen molar-refractivity contribution >= 4 is 0 Å². The molecule has 0 bridgehead atoms. The summed E-state index contributed by atoms with van der Waals surface area (Å²) in [5, 5.41) is 4.46. The largest absolute Gasteiger partial charge is 0.324 e. The molecule has 1 aromatic rings. The van der Waals surface area contributed by atoms with Crippen molar-refractivity contribution in [1.29, 1.82) is 0 Å². The second kappa shape index (κ2) is 5.28. The van der Waals surface area contributed by atoms with Gasteiger partial charge in [-0.2, -0.15) is 5.10 Å². The highest BCUT2D eigenvalue weighted by molar-refractivity contribution is 5.14. The minimum atomic E-state index is -0.0634. The molecule has 2 rings (SSSR count). The molecule has 0 aromatic carbocycles. The molecule has 108 valence electrons. The first-order chi connectivity index (χ1) is 8.82. The molecule has 1 aromatic heterocycles. The quantitative estimate of drug-likeness (QED) is 0.911. The van der Waals surface area contributed by atoms with Gasteiger partial charge in [0.25, 0.3) is 0 Å². The van der Waals surface area contributed by atoms with Crippen molar-refractivity contribution < 1.29 is 0 Å². The van der Waals surface area contributed by atoms with Gasteiger partial charge in [-0.15, -0.1) is 0 Å². The minimum absolute atomic E-state index is 0.0634. The van der Waals surface area contributed by atoms with Crippen molar-refractivity contribution in [2.45, 2.75) is 58.9 Å². The van der Waals surface area contributed by atoms with E-state index in [0.29, 0.717) is 11.8 Å². The molecular formula is C16H29N3. The number of nitrogens with two attached hydrogens (primary N) is 1. The lowest BCUT2D eigenvalue weighted by molar-refractivity contribution is 0.107. The Hall–Kier alpha value is -0.830. The van der Waals surface area contributed by atoms with E-state index >= 15 is 0 Å². The predicted molar refractivity (Wildman–Crippen MR) is 79.9 cm³/mol. The maximum Gasteiger partial charge on any atom is 0.0596 e. The van der Waals surface area contributed by atoms with E-state index in [1.165, 1.54) is 18.5 Å². The third-order valence-electron chi connectivity index (χ3n) is 4.85. The van der Waals surface area contributed by atoms with E-state index in [2.05, 4.69) is 38.9 Å². The molecule has 0 amide bonds. The summed E-state index contributed by atoms with van der Waals surface area (Å²) in [4.78, 5) is 0. The molecular weight excluding hydrogens is 234 g/mol. The number of nitrogens with zero attached hydrogens (tertiary/aromatic N) is 2. The van der Waals surface area contributed by atoms with Crippen LogP contribution in [0.15, 0.2) is 6.07 Å². The molecule has 2 N–H and O–H groups in total. The van der Waals surface area contributed by atoms with Gasteiger partial charge in [0.05, 0.1) is 5.69 Å². The molecule has 3 heteroatoms. The third kappa shape index (κ3) is 3.02. The van der Waals surface area contributed by atoms with Crippen molar-refractivity contribution in [1.82, 2.24) is 9.78 Å². The number of hydrogen-bond acceptors (Lipinski definition) is 2. The topological polar surface area (TPSA) is 43.8 Å². The van der Waals surface area contributed by atoms with Gasteiger partial charge in [0.2, 0.25) is 0 Å². The predicted octanol–water partition coefficient (Wildman–Crippen LogP) is 3.06. The molecule has 0 spiro atoms. The highest BCUT2D eigenvalue weighted by atomic mass is 15.3. The maximum absolute atomic E-state index is 6.86. The lowest BCUT2D eigenvalue weighted by Gasteiger charge is -2.46. The summed E-state index contributed by atoms with van der Waals surface area (Å²) < 4.78 is 2.00. The molecule has 19 heavy (non-hydrogen) atoms. The Labute approximate surface area is 117 Å². The van der Waals surface area contributed by atoms with Crippen molar-refractivity contribution in [2.24, 2.45) is 30.5 Å². The van der Waals surface area contributed by atoms with Gasteiger partial charge < -0.3 is 5.73 Å². The van der Waals surface area contributed by atoms with Crippen molar-refractivity contribution in [2.75, 3.05) is 0 Å². The van der Waals surface area contributed by atoms with E-state index in [0.717, 1.165) is 24.5 Å². The molecule has 0 saturated heterocycles. The molecule has 3 unspecified atom stereocenters. The molecule has 1 fully saturated rings. The summed E-state index contributed by atoms with van der Waals surface area (Å²) >= 11 is 0. The average Bonchev–Trinajstić information content (AvgIpc) is 2.55. The molecule has 3 nitrogen and oxygen atoms in total. The second-order valence-electron chi connectivity index (χ2n) is 7.05. The summed E-state index contributed by atoms with van der Waals surface area (Å²) in [5.74, 6) is 2.03. The molecule has 0 aliphatic heterocycles. The molecule has 1 aliphatic carbocycles. The highest BCUT2D eigenvalue weighted by Crippen LogP contribution is 2.41. The zero-order valence-corrected chi connectivity index (χ0v) is 13.1. The lowest BCUT2D eigenvalue weighted by atomic mass is 9.64. The van der Waals surface area contributed by atoms with E-state index in [1.807, 2.05) is 11.7 Å². The lowest BCUT2D eigenvalue weighted by Crippen LogP contribution is -2.54. The van der Waals surface area contributed by atoms with Crippen LogP contribution in [0.5, 0.6) is 0 Å². The Morgan fingerprint density at radius 1 is 1.47 bits per heavy atom. The molecule has 1 aliphatic rings. The Bertz CT molecular complexity index is 435. The molecule has 0 radical (unpaired) electrons. The van der Waals surface area contributed by atoms with E-state index < -0.39 is 0 Å². The summed E-state index contributed by atoms with van der Waals surface area (Å²) in [6, 6.07) is 2.19. The number of rotatable bonds is 3. The Balaban J connectivity index is 2.24. The fraction of sp³-hybridized carbons (Fsp3) is 0.812. The summed E-state index contributed by atoms with van der Waals surface area (Å²) in [5.41, 5.74) is 9.17. The molecule has 1 saturated carbocycles. The van der Waals surface area contributed by atoms with Crippen LogP contribution >= 0.6 is 0 Å². The van der Waals surface area contributed by atoms with Crippen LogP contribution in [-0.2, 0) is 13.5 Å². The fourth-order valence-electron chi connectivity index (χ4n) is 4.02. The van der Waals surface area contributed by atoms with Gasteiger partial charge in [0.15, 0.2) is 0 Å². The van der Waals surface area contributed by atoms with Crippen LogP contribution in [-0.4, -0.2) is 15.3 Å². The van der Waals surface area contributed by atoms with E-state index in [9.17, 15) is 0 Å². The summed E-state index contributed by atoms with van der Waals surface area (Å²) in [7, 11) is 2.03. The Morgan fingerprint density at radius 3 is 2.68 bits per heavy atom. The Kier molecular flexibility index (Phi) is 4.05. The van der Waals surface area contributed by atoms with Crippen molar-refractivity contribution in [3.63, 3.8) is 0 Å². The zero-order chi connectivity index (χ0) is 14.2. The second-order valence-corrected chi connectivity index (χ2v) is 7.05. The monoisotopic (exact) mass is 263 g/mol. The van der Waals surface area contributed by atoms with E-state index in [-0.39, 0.29) is 5.54 Å². The van der Waals surface area contributed by atoms with Crippen LogP contribution in [0, 0.1) is 24.7 Å². The number of hydrogen-bond donors (Lipinski definition) is 1. The Morgan fingerprint density at radius 2 is 2.16 bits per heavy atom. The number of aromatic nitrogens is 2. The van der Waals surface area contributed by atoms with Gasteiger partial charge in [-0.25, -0.2) is 0 Å². The average molecular weight is 263 g/mol. The molecule has 3 atom stereocenters. The normalized spacial score (nSPS) is 31.9. The highest BCUT2D eigenvalue weighted by Gasteiger charge is 2.41. The van der Waals surface area contributed by atoms with Crippen molar-refractivity contribution in [3.05, 3.63) is 17.5 Å². The van der Waals surface area contributed by atoms with Crippen LogP contribution < -0.4 is 5.73 Å². The first kappa shape index (κ1) is 14.6. The van der Waals surface area contributed by atoms with Gasteiger partial charge in [0, 0.05) is 24.7 Å². The molecule has 1 heterocycles. The first-order valence-corrected chi connectivity index (χ1v) is 7.60. The first-order valence-electron chi connectivity index (χ1n) is 7.60. The van der Waals surface area contributed by atoms with Crippen LogP contribution in [0.1, 0.15) is 51.4 Å². The van der Waals surface area contributed by atoms with E-state index in [4.69, 9.17) is 5.73 Å². The smallest absolute Gasteiger partial charge is 0.0596 e. The van der Waals surface area contributed by atoms with Crippen LogP contribution in [0.3, 0.4) is 0 Å². The summed E-state index contributed by atoms with van der Waals surface area (Å²) in [6.45, 7) is 9.02. The summed E-state index contributed by atoms with van der Waals surface area (Å²) in [6.07, 6.45) is 4.69. The van der Waals surface area contributed by atoms with Crippen LogP contribution in [0.25, 0.3) is 0 Å². The van der Waals surface area contributed by atoms with Crippen LogP contribution in [0.2, 0.25) is 0 Å². The SMILES string of the molecule is Cc1cc(CC2(N)CC(C)CCC2C(C)C)n(C)n1. The van der Waals surface area contributed by atoms with Gasteiger partial charge >= 0.3 is 0 Å². The maximum atomic E-state index is 6.86. The standard InChI is InChI=1S/C16H29N3/c1-11(2)15-7-6-12(3)9-16(15,17)10-14-8-13(4)18-19(14)5/h8,11-12,15H,6-7,9-10,17H2,1-5H3. The zero-order valence-electron chi connectivity index (χ0n) is 13.1. The van der Waals surface area contributed by atoms with E-state index in [1.54, 1.807) is 0 Å². The van der Waals surface area contributed by atoms with Gasteiger partial charge in [-0.1, -0.05) is 27.2 Å². The fourth-order valence-corrected chi connectivity index (χ4v) is 4.02. The number of aryl methyl sites for hydroxylation is 2.